The van der Waals surface area contributed by atoms with E-state index < -0.39 is 0 Å². The van der Waals surface area contributed by atoms with Gasteiger partial charge in [0, 0.05) is 43.7 Å². The average molecular weight is 725 g/mol. The Morgan fingerprint density at radius 1 is 0.404 bits per heavy atom. The summed E-state index contributed by atoms with van der Waals surface area (Å²) in [5, 5.41) is 26.0. The molecule has 3 heterocycles. The largest absolute Gasteiger partial charge is 0.310 e. The number of aromatic nitrogens is 3. The van der Waals surface area contributed by atoms with Crippen LogP contribution in [0.3, 0.4) is 0 Å². The number of hydrogen-bond donors (Lipinski definition) is 0. The van der Waals surface area contributed by atoms with Gasteiger partial charge < -0.3 is 13.7 Å². The molecule has 0 aliphatic heterocycles. The predicted molar refractivity (Wildman–Crippen MR) is 231 cm³/mol. The van der Waals surface area contributed by atoms with E-state index in [0.29, 0.717) is 16.8 Å². The van der Waals surface area contributed by atoms with E-state index in [1.807, 2.05) is 48.5 Å². The van der Waals surface area contributed by atoms with E-state index in [9.17, 15) is 10.5 Å². The van der Waals surface area contributed by atoms with Crippen LogP contribution in [0.5, 0.6) is 0 Å². The third kappa shape index (κ3) is 4.74. The van der Waals surface area contributed by atoms with Crippen molar-refractivity contribution in [2.24, 2.45) is 0 Å². The van der Waals surface area contributed by atoms with E-state index in [4.69, 9.17) is 6.57 Å². The summed E-state index contributed by atoms with van der Waals surface area (Å²) in [5.74, 6) is 0. The lowest BCUT2D eigenvalue weighted by Gasteiger charge is -2.13. The maximum atomic E-state index is 9.77. The number of nitriles is 2. The van der Waals surface area contributed by atoms with E-state index in [0.717, 1.165) is 82.8 Å². The van der Waals surface area contributed by atoms with Crippen molar-refractivity contribution in [3.8, 4) is 40.3 Å². The van der Waals surface area contributed by atoms with Gasteiger partial charge in [0.25, 0.3) is 0 Å². The molecule has 262 valence electrons. The van der Waals surface area contributed by atoms with Crippen LogP contribution in [0.2, 0.25) is 0 Å². The van der Waals surface area contributed by atoms with Gasteiger partial charge in [0.2, 0.25) is 0 Å². The molecule has 0 amide bonds. The number of fused-ring (bicyclic) bond motifs is 9. The van der Waals surface area contributed by atoms with E-state index in [-0.39, 0.29) is 0 Å². The van der Waals surface area contributed by atoms with Gasteiger partial charge in [-0.2, -0.15) is 10.5 Å². The molecule has 0 atom stereocenters. The van der Waals surface area contributed by atoms with Gasteiger partial charge in [-0.25, -0.2) is 4.85 Å². The summed E-state index contributed by atoms with van der Waals surface area (Å²) in [6, 6.07) is 62.6. The minimum atomic E-state index is 0.575. The molecule has 6 heteroatoms. The van der Waals surface area contributed by atoms with Crippen molar-refractivity contribution in [3.05, 3.63) is 192 Å². The molecular weight excluding hydrogens is 697 g/mol. The van der Waals surface area contributed by atoms with E-state index in [1.165, 1.54) is 10.8 Å². The van der Waals surface area contributed by atoms with Gasteiger partial charge in [-0.05, 0) is 108 Å². The highest BCUT2D eigenvalue weighted by molar-refractivity contribution is 6.17. The fourth-order valence-corrected chi connectivity index (χ4v) is 8.85. The van der Waals surface area contributed by atoms with Gasteiger partial charge in [0.05, 0.1) is 68.6 Å². The molecule has 0 bridgehead atoms. The van der Waals surface area contributed by atoms with Crippen molar-refractivity contribution < 1.29 is 0 Å². The predicted octanol–water partition coefficient (Wildman–Crippen LogP) is 12.9. The minimum Gasteiger partial charge on any atom is -0.310 e. The zero-order chi connectivity index (χ0) is 38.2. The Bertz CT molecular complexity index is 3490. The number of para-hydroxylation sites is 3. The van der Waals surface area contributed by atoms with Crippen LogP contribution in [0.15, 0.2) is 170 Å². The summed E-state index contributed by atoms with van der Waals surface area (Å²) in [4.78, 5) is 3.90. The summed E-state index contributed by atoms with van der Waals surface area (Å²) < 4.78 is 6.83. The van der Waals surface area contributed by atoms with Crippen molar-refractivity contribution in [1.82, 2.24) is 13.7 Å². The Hall–Kier alpha value is -8.37. The van der Waals surface area contributed by atoms with Crippen LogP contribution in [0.1, 0.15) is 11.1 Å². The van der Waals surface area contributed by atoms with Crippen molar-refractivity contribution in [1.29, 1.82) is 10.5 Å². The van der Waals surface area contributed by atoms with Crippen molar-refractivity contribution in [2.75, 3.05) is 0 Å². The molecule has 3 aromatic heterocycles. The van der Waals surface area contributed by atoms with Gasteiger partial charge in [0.15, 0.2) is 5.69 Å². The average Bonchev–Trinajstić information content (AvgIpc) is 3.91. The van der Waals surface area contributed by atoms with Crippen LogP contribution in [0.4, 0.5) is 5.69 Å². The van der Waals surface area contributed by atoms with Gasteiger partial charge in [-0.15, -0.1) is 0 Å². The fourth-order valence-electron chi connectivity index (χ4n) is 8.85. The second kappa shape index (κ2) is 12.3. The smallest absolute Gasteiger partial charge is 0.189 e. The first kappa shape index (κ1) is 32.1. The Kier molecular flexibility index (Phi) is 6.95. The number of benzene rings is 8. The van der Waals surface area contributed by atoms with Gasteiger partial charge >= 0.3 is 0 Å². The molecule has 57 heavy (non-hydrogen) atoms. The number of nitrogens with zero attached hydrogens (tertiary/aromatic N) is 6. The standard InChI is InChI=1S/C51H28N6/c1-54-36-27-35(28-38(29-36)56-44-12-5-2-9-39(44)40-10-3-6-13-45(40)56)34-19-21-37(22-20-34)55-46-14-7-4-11-41(46)51-49(55)15-8-16-50(51)57-47-23-17-32(30-52)25-42(47)43-26-33(31-53)18-24-48(43)57/h2-29H. The van der Waals surface area contributed by atoms with Crippen molar-refractivity contribution in [2.45, 2.75) is 0 Å². The van der Waals surface area contributed by atoms with Crippen LogP contribution in [0.25, 0.3) is 98.5 Å². The molecule has 0 N–H and O–H groups in total. The number of rotatable bonds is 4. The molecule has 11 aromatic rings. The molecule has 0 saturated heterocycles. The highest BCUT2D eigenvalue weighted by Gasteiger charge is 2.20. The third-order valence-corrected chi connectivity index (χ3v) is 11.3. The Morgan fingerprint density at radius 3 is 1.53 bits per heavy atom. The Morgan fingerprint density at radius 2 is 0.930 bits per heavy atom. The molecule has 0 aliphatic carbocycles. The summed E-state index contributed by atoms with van der Waals surface area (Å²) in [5.41, 5.74) is 13.0. The first-order chi connectivity index (χ1) is 28.1. The zero-order valence-electron chi connectivity index (χ0n) is 30.3. The first-order valence-electron chi connectivity index (χ1n) is 18.7. The van der Waals surface area contributed by atoms with Gasteiger partial charge in [-0.3, -0.25) is 0 Å². The maximum Gasteiger partial charge on any atom is 0.189 e. The maximum absolute atomic E-state index is 9.77. The summed E-state index contributed by atoms with van der Waals surface area (Å²) in [6.45, 7) is 8.01. The molecule has 0 fully saturated rings. The molecule has 0 saturated carbocycles. The van der Waals surface area contributed by atoms with E-state index in [2.05, 4.69) is 152 Å². The summed E-state index contributed by atoms with van der Waals surface area (Å²) in [6.07, 6.45) is 0. The van der Waals surface area contributed by atoms with Crippen LogP contribution in [-0.2, 0) is 0 Å². The molecule has 0 aliphatic rings. The van der Waals surface area contributed by atoms with Crippen LogP contribution in [0, 0.1) is 29.2 Å². The quantitative estimate of drug-likeness (QED) is 0.170. The van der Waals surface area contributed by atoms with Crippen molar-refractivity contribution in [3.63, 3.8) is 0 Å². The molecule has 0 radical (unpaired) electrons. The van der Waals surface area contributed by atoms with Gasteiger partial charge in [0.1, 0.15) is 0 Å². The Balaban J connectivity index is 1.08. The third-order valence-electron chi connectivity index (χ3n) is 11.3. The molecule has 6 nitrogen and oxygen atoms in total. The molecule has 11 rings (SSSR count). The van der Waals surface area contributed by atoms with Crippen LogP contribution >= 0.6 is 0 Å². The molecule has 0 spiro atoms. The highest BCUT2D eigenvalue weighted by Crippen LogP contribution is 2.41. The fraction of sp³-hybridized carbons (Fsp3) is 0. The first-order valence-corrected chi connectivity index (χ1v) is 18.7. The van der Waals surface area contributed by atoms with E-state index >= 15 is 0 Å². The highest BCUT2D eigenvalue weighted by atomic mass is 15.0. The number of hydrogen-bond acceptors (Lipinski definition) is 2. The normalized spacial score (nSPS) is 11.5. The lowest BCUT2D eigenvalue weighted by molar-refractivity contribution is 1.17. The van der Waals surface area contributed by atoms with E-state index in [1.54, 1.807) is 0 Å². The van der Waals surface area contributed by atoms with Crippen LogP contribution in [-0.4, -0.2) is 13.7 Å². The monoisotopic (exact) mass is 724 g/mol. The lowest BCUT2D eigenvalue weighted by atomic mass is 10.0. The summed E-state index contributed by atoms with van der Waals surface area (Å²) in [7, 11) is 0. The molecule has 0 unspecified atom stereocenters. The molecule has 8 aromatic carbocycles. The molecular formula is C51H28N6. The lowest BCUT2D eigenvalue weighted by Crippen LogP contribution is -1.97. The Labute approximate surface area is 326 Å². The van der Waals surface area contributed by atoms with Gasteiger partial charge in [-0.1, -0.05) is 72.8 Å². The minimum absolute atomic E-state index is 0.575. The SMILES string of the molecule is [C-]#[N+]c1cc(-c2ccc(-n3c4ccccc4c4c(-n5c6ccc(C#N)cc6c6cc(C#N)ccc65)cccc43)cc2)cc(-n2c3ccccc3c3ccccc32)c1. The second-order valence-electron chi connectivity index (χ2n) is 14.3. The zero-order valence-corrected chi connectivity index (χ0v) is 30.3. The topological polar surface area (TPSA) is 66.7 Å². The second-order valence-corrected chi connectivity index (χ2v) is 14.3. The summed E-state index contributed by atoms with van der Waals surface area (Å²) >= 11 is 0. The van der Waals surface area contributed by atoms with Crippen molar-refractivity contribution >= 4 is 71.1 Å². The van der Waals surface area contributed by atoms with Crippen LogP contribution < -0.4 is 0 Å².